The Morgan fingerprint density at radius 1 is 1.09 bits per heavy atom. The van der Waals surface area contributed by atoms with E-state index in [9.17, 15) is 14.4 Å². The maximum atomic E-state index is 14.4. The van der Waals surface area contributed by atoms with Gasteiger partial charge in [-0.2, -0.15) is 0 Å². The van der Waals surface area contributed by atoms with Crippen molar-refractivity contribution < 1.29 is 19.1 Å². The quantitative estimate of drug-likeness (QED) is 0.284. The van der Waals surface area contributed by atoms with Gasteiger partial charge in [-0.05, 0) is 66.7 Å². The lowest BCUT2D eigenvalue weighted by Crippen LogP contribution is -2.55. The number of carbonyl (C=O) groups is 3. The molecule has 0 aliphatic carbocycles. The topological polar surface area (TPSA) is 104 Å². The Labute approximate surface area is 265 Å². The van der Waals surface area contributed by atoms with E-state index in [4.69, 9.17) is 4.74 Å². The Balaban J connectivity index is 0.00000423. The molecule has 0 saturated carbocycles. The second-order valence-electron chi connectivity index (χ2n) is 10.1. The molecule has 224 valence electrons. The number of hydrogen-bond donors (Lipinski definition) is 2. The van der Waals surface area contributed by atoms with E-state index in [2.05, 4.69) is 31.5 Å². The van der Waals surface area contributed by atoms with Crippen LogP contribution in [0, 0.1) is 0 Å². The van der Waals surface area contributed by atoms with Crippen molar-refractivity contribution in [1.29, 1.82) is 0 Å². The zero-order valence-corrected chi connectivity index (χ0v) is 26.4. The molecule has 5 rings (SSSR count). The molecule has 2 N–H and O–H groups in total. The number of anilines is 2. The first kappa shape index (κ1) is 31.9. The third kappa shape index (κ3) is 6.82. The maximum absolute atomic E-state index is 14.4. The van der Waals surface area contributed by atoms with Crippen LogP contribution in [0.25, 0.3) is 10.8 Å². The number of para-hydroxylation sites is 2. The van der Waals surface area contributed by atoms with Gasteiger partial charge in [0.1, 0.15) is 11.8 Å². The first-order chi connectivity index (χ1) is 20.3. The second kappa shape index (κ2) is 14.0. The van der Waals surface area contributed by atoms with Crippen molar-refractivity contribution in [3.8, 4) is 5.75 Å². The predicted molar refractivity (Wildman–Crippen MR) is 174 cm³/mol. The zero-order valence-electron chi connectivity index (χ0n) is 24.0. The van der Waals surface area contributed by atoms with E-state index in [1.165, 1.54) is 0 Å². The highest BCUT2D eigenvalue weighted by Crippen LogP contribution is 2.37. The lowest BCUT2D eigenvalue weighted by Gasteiger charge is -2.27. The minimum atomic E-state index is -0.992. The molecule has 2 atom stereocenters. The molecule has 3 aromatic carbocycles. The molecular formula is C32H33BrClN5O4. The van der Waals surface area contributed by atoms with Crippen molar-refractivity contribution in [1.82, 2.24) is 15.6 Å². The van der Waals surface area contributed by atoms with Crippen molar-refractivity contribution in [2.45, 2.75) is 32.0 Å². The molecule has 4 aromatic rings. The van der Waals surface area contributed by atoms with Crippen LogP contribution in [0.3, 0.4) is 0 Å². The molecule has 0 unspecified atom stereocenters. The Hall–Kier alpha value is -3.99. The highest BCUT2D eigenvalue weighted by molar-refractivity contribution is 9.10. The van der Waals surface area contributed by atoms with Gasteiger partial charge < -0.3 is 25.2 Å². The van der Waals surface area contributed by atoms with E-state index in [-0.39, 0.29) is 49.6 Å². The van der Waals surface area contributed by atoms with Gasteiger partial charge in [0.25, 0.3) is 5.91 Å². The summed E-state index contributed by atoms with van der Waals surface area (Å²) >= 11 is 3.54. The Morgan fingerprint density at radius 3 is 2.56 bits per heavy atom. The first-order valence-electron chi connectivity index (χ1n) is 13.6. The fourth-order valence-corrected chi connectivity index (χ4v) is 5.53. The number of methoxy groups -OCH3 is 1. The standard InChI is InChI=1S/C32H32BrN5O4.ClH/c1-20(34-2)31(40)36-26-19-37(30(39)15-21-7-6-14-35-17-21)27-8-4-5-9-28(27)38(32(26)41)18-25-24-12-11-23(33)16-22(24)10-13-29(25)42-3;/h4-14,16-17,20,26,34H,15,18-19H2,1-3H3,(H,36,40);1H/t20-,26-;/m0./s1. The largest absolute Gasteiger partial charge is 0.496 e. The number of nitrogens with zero attached hydrogens (tertiary/aromatic N) is 3. The average Bonchev–Trinajstić information content (AvgIpc) is 3.11. The highest BCUT2D eigenvalue weighted by atomic mass is 79.9. The van der Waals surface area contributed by atoms with Crippen LogP contribution in [-0.4, -0.2) is 55.5 Å². The summed E-state index contributed by atoms with van der Waals surface area (Å²) in [6, 6.07) is 19.2. The molecule has 1 aliphatic rings. The predicted octanol–water partition coefficient (Wildman–Crippen LogP) is 4.64. The van der Waals surface area contributed by atoms with E-state index in [1.54, 1.807) is 49.3 Å². The average molecular weight is 667 g/mol. The number of amides is 3. The van der Waals surface area contributed by atoms with Crippen molar-refractivity contribution in [2.24, 2.45) is 0 Å². The molecule has 0 fully saturated rings. The molecule has 3 amide bonds. The molecular weight excluding hydrogens is 634 g/mol. The summed E-state index contributed by atoms with van der Waals surface area (Å²) in [5, 5.41) is 7.72. The number of halogens is 2. The van der Waals surface area contributed by atoms with Crippen LogP contribution in [0.15, 0.2) is 83.6 Å². The first-order valence-corrected chi connectivity index (χ1v) is 14.4. The summed E-state index contributed by atoms with van der Waals surface area (Å²) in [7, 11) is 3.28. The summed E-state index contributed by atoms with van der Waals surface area (Å²) < 4.78 is 6.68. The van der Waals surface area contributed by atoms with Gasteiger partial charge in [-0.15, -0.1) is 12.4 Å². The van der Waals surface area contributed by atoms with Crippen molar-refractivity contribution in [3.05, 3.63) is 94.7 Å². The van der Waals surface area contributed by atoms with Crippen molar-refractivity contribution >= 4 is 68.2 Å². The number of ether oxygens (including phenoxy) is 1. The van der Waals surface area contributed by atoms with Crippen LogP contribution < -0.4 is 25.2 Å². The van der Waals surface area contributed by atoms with Gasteiger partial charge in [-0.25, -0.2) is 0 Å². The molecule has 0 saturated heterocycles. The third-order valence-electron chi connectivity index (χ3n) is 7.50. The number of carbonyl (C=O) groups excluding carboxylic acids is 3. The zero-order chi connectivity index (χ0) is 29.8. The minimum Gasteiger partial charge on any atom is -0.496 e. The fourth-order valence-electron chi connectivity index (χ4n) is 5.15. The molecule has 2 heterocycles. The summed E-state index contributed by atoms with van der Waals surface area (Å²) in [6.07, 6.45) is 3.40. The maximum Gasteiger partial charge on any atom is 0.251 e. The van der Waals surface area contributed by atoms with Gasteiger partial charge in [0.05, 0.1) is 44.0 Å². The smallest absolute Gasteiger partial charge is 0.251 e. The molecule has 0 spiro atoms. The van der Waals surface area contributed by atoms with Gasteiger partial charge in [0.2, 0.25) is 11.8 Å². The third-order valence-corrected chi connectivity index (χ3v) is 7.99. The van der Waals surface area contributed by atoms with E-state index in [1.807, 2.05) is 60.7 Å². The summed E-state index contributed by atoms with van der Waals surface area (Å²) in [4.78, 5) is 48.6. The number of rotatable bonds is 8. The monoisotopic (exact) mass is 665 g/mol. The molecule has 0 bridgehead atoms. The number of aromatic nitrogens is 1. The van der Waals surface area contributed by atoms with Gasteiger partial charge in [-0.1, -0.05) is 46.3 Å². The van der Waals surface area contributed by atoms with E-state index in [0.717, 1.165) is 26.4 Å². The summed E-state index contributed by atoms with van der Waals surface area (Å²) in [6.45, 7) is 1.86. The van der Waals surface area contributed by atoms with Crippen LogP contribution >= 0.6 is 28.3 Å². The highest BCUT2D eigenvalue weighted by Gasteiger charge is 2.37. The molecule has 1 aliphatic heterocycles. The summed E-state index contributed by atoms with van der Waals surface area (Å²) in [5.41, 5.74) is 2.72. The van der Waals surface area contributed by atoms with Crippen molar-refractivity contribution in [3.63, 3.8) is 0 Å². The SMILES string of the molecule is CN[C@@H](C)C(=O)N[C@H]1CN(C(=O)Cc2cccnc2)c2ccccc2N(Cc2c(OC)ccc3cc(Br)ccc23)C1=O.Cl. The van der Waals surface area contributed by atoms with Crippen LogP contribution in [0.2, 0.25) is 0 Å². The van der Waals surface area contributed by atoms with Gasteiger partial charge in [0, 0.05) is 22.4 Å². The number of nitrogens with one attached hydrogen (secondary N) is 2. The number of likely N-dealkylation sites (N-methyl/N-ethyl adjacent to an activating group) is 1. The number of pyridine rings is 1. The number of fused-ring (bicyclic) bond motifs is 2. The van der Waals surface area contributed by atoms with Gasteiger partial charge >= 0.3 is 0 Å². The summed E-state index contributed by atoms with van der Waals surface area (Å²) in [5.74, 6) is -0.243. The fraction of sp³-hybridized carbons (Fsp3) is 0.250. The van der Waals surface area contributed by atoms with Crippen LogP contribution in [0.1, 0.15) is 18.1 Å². The number of benzene rings is 3. The minimum absolute atomic E-state index is 0. The van der Waals surface area contributed by atoms with E-state index in [0.29, 0.717) is 17.1 Å². The normalized spacial score (nSPS) is 15.3. The second-order valence-corrected chi connectivity index (χ2v) is 11.1. The molecule has 1 aromatic heterocycles. The van der Waals surface area contributed by atoms with Crippen molar-refractivity contribution in [2.75, 3.05) is 30.5 Å². The molecule has 9 nitrogen and oxygen atoms in total. The van der Waals surface area contributed by atoms with Crippen LogP contribution in [0.4, 0.5) is 11.4 Å². The van der Waals surface area contributed by atoms with Gasteiger partial charge in [0.15, 0.2) is 0 Å². The molecule has 0 radical (unpaired) electrons. The number of hydrogen-bond acceptors (Lipinski definition) is 6. The lowest BCUT2D eigenvalue weighted by molar-refractivity contribution is -0.128. The molecule has 43 heavy (non-hydrogen) atoms. The molecule has 11 heteroatoms. The van der Waals surface area contributed by atoms with Crippen LogP contribution in [-0.2, 0) is 27.3 Å². The lowest BCUT2D eigenvalue weighted by atomic mass is 10.0. The Bertz CT molecular complexity index is 1640. The van der Waals surface area contributed by atoms with Gasteiger partial charge in [-0.3, -0.25) is 19.4 Å². The van der Waals surface area contributed by atoms with Crippen LogP contribution in [0.5, 0.6) is 5.75 Å². The van der Waals surface area contributed by atoms with E-state index >= 15 is 0 Å². The Morgan fingerprint density at radius 2 is 1.86 bits per heavy atom. The Kier molecular flexibility index (Phi) is 10.4. The van der Waals surface area contributed by atoms with E-state index < -0.39 is 12.1 Å².